The average Bonchev–Trinajstić information content (AvgIpc) is 2.86. The van der Waals surface area contributed by atoms with Crippen LogP contribution in [0.25, 0.3) is 0 Å². The van der Waals surface area contributed by atoms with Gasteiger partial charge in [-0.1, -0.05) is 36.8 Å². The minimum absolute atomic E-state index is 0.117. The fraction of sp³-hybridized carbons (Fsp3) is 0.333. The second kappa shape index (κ2) is 6.69. The molecular formula is C15H17NO4S. The molecule has 5 nitrogen and oxygen atoms in total. The van der Waals surface area contributed by atoms with Crippen molar-refractivity contribution >= 4 is 17.0 Å². The molecule has 0 bridgehead atoms. The Labute approximate surface area is 127 Å². The first-order chi connectivity index (χ1) is 10.0. The highest BCUT2D eigenvalue weighted by Crippen LogP contribution is 2.41. The van der Waals surface area contributed by atoms with Gasteiger partial charge in [0.05, 0.1) is 11.0 Å². The van der Waals surface area contributed by atoms with Gasteiger partial charge in [0.2, 0.25) is 0 Å². The van der Waals surface area contributed by atoms with E-state index in [1.54, 1.807) is 19.1 Å². The van der Waals surface area contributed by atoms with Gasteiger partial charge in [0, 0.05) is 10.9 Å². The highest BCUT2D eigenvalue weighted by molar-refractivity contribution is 7.14. The molecule has 2 rings (SSSR count). The normalized spacial score (nSPS) is 12.1. The number of benzene rings is 1. The molecule has 21 heavy (non-hydrogen) atoms. The van der Waals surface area contributed by atoms with Crippen LogP contribution >= 0.6 is 11.3 Å². The van der Waals surface area contributed by atoms with Gasteiger partial charge in [-0.3, -0.25) is 10.1 Å². The summed E-state index contributed by atoms with van der Waals surface area (Å²) in [6.07, 6.45) is 1.30. The summed E-state index contributed by atoms with van der Waals surface area (Å²) in [5, 5.41) is 20.8. The molecule has 1 heterocycles. The second-order valence-corrected chi connectivity index (χ2v) is 5.80. The molecule has 0 saturated carbocycles. The Kier molecular flexibility index (Phi) is 4.93. The van der Waals surface area contributed by atoms with Gasteiger partial charge in [0.1, 0.15) is 5.75 Å². The van der Waals surface area contributed by atoms with E-state index in [9.17, 15) is 15.2 Å². The molecule has 0 aliphatic heterocycles. The van der Waals surface area contributed by atoms with Gasteiger partial charge in [0.15, 0.2) is 0 Å². The van der Waals surface area contributed by atoms with E-state index in [2.05, 4.69) is 6.92 Å². The lowest BCUT2D eigenvalue weighted by Crippen LogP contribution is -1.90. The Morgan fingerprint density at radius 2 is 2.05 bits per heavy atom. The minimum Gasteiger partial charge on any atom is -0.440 e. The van der Waals surface area contributed by atoms with Crippen LogP contribution in [-0.4, -0.2) is 10.0 Å². The van der Waals surface area contributed by atoms with Crippen molar-refractivity contribution in [3.05, 3.63) is 50.9 Å². The molecule has 6 heteroatoms. The SMILES string of the molecule is CCCc1ccc(Oc2sc(C(C)O)cc2[N+](=O)[O-])cc1. The number of rotatable bonds is 6. The number of hydrogen-bond acceptors (Lipinski definition) is 5. The third-order valence-electron chi connectivity index (χ3n) is 2.98. The highest BCUT2D eigenvalue weighted by Gasteiger charge is 2.23. The van der Waals surface area contributed by atoms with Crippen molar-refractivity contribution in [2.75, 3.05) is 0 Å². The van der Waals surface area contributed by atoms with Crippen LogP contribution in [0.2, 0.25) is 0 Å². The largest absolute Gasteiger partial charge is 0.440 e. The molecule has 0 fully saturated rings. The molecule has 1 unspecified atom stereocenters. The average molecular weight is 307 g/mol. The van der Waals surface area contributed by atoms with Gasteiger partial charge in [-0.05, 0) is 31.0 Å². The van der Waals surface area contributed by atoms with Gasteiger partial charge in [-0.25, -0.2) is 0 Å². The van der Waals surface area contributed by atoms with Crippen molar-refractivity contribution < 1.29 is 14.8 Å². The molecule has 1 aromatic heterocycles. The number of aliphatic hydroxyl groups is 1. The number of aliphatic hydroxyl groups excluding tert-OH is 1. The zero-order chi connectivity index (χ0) is 15.4. The Bertz CT molecular complexity index is 619. The van der Waals surface area contributed by atoms with E-state index in [0.717, 1.165) is 24.2 Å². The lowest BCUT2D eigenvalue weighted by Gasteiger charge is -2.04. The van der Waals surface area contributed by atoms with Gasteiger partial charge in [0.25, 0.3) is 5.06 Å². The Hall–Kier alpha value is -1.92. The lowest BCUT2D eigenvalue weighted by atomic mass is 10.1. The summed E-state index contributed by atoms with van der Waals surface area (Å²) in [4.78, 5) is 11.1. The van der Waals surface area contributed by atoms with Crippen molar-refractivity contribution in [2.24, 2.45) is 0 Å². The standard InChI is InChI=1S/C15H17NO4S/c1-3-4-11-5-7-12(8-6-11)20-15-13(16(18)19)9-14(21-15)10(2)17/h5-10,17H,3-4H2,1-2H3. The van der Waals surface area contributed by atoms with Crippen LogP contribution in [0.15, 0.2) is 30.3 Å². The van der Waals surface area contributed by atoms with E-state index in [-0.39, 0.29) is 10.8 Å². The second-order valence-electron chi connectivity index (χ2n) is 4.75. The Morgan fingerprint density at radius 1 is 1.38 bits per heavy atom. The predicted molar refractivity (Wildman–Crippen MR) is 82.1 cm³/mol. The summed E-state index contributed by atoms with van der Waals surface area (Å²) in [6.45, 7) is 3.68. The van der Waals surface area contributed by atoms with E-state index in [4.69, 9.17) is 4.74 Å². The summed E-state index contributed by atoms with van der Waals surface area (Å²) >= 11 is 1.09. The summed E-state index contributed by atoms with van der Waals surface area (Å²) in [7, 11) is 0. The monoisotopic (exact) mass is 307 g/mol. The predicted octanol–water partition coefficient (Wildman–Crippen LogP) is 4.45. The van der Waals surface area contributed by atoms with E-state index >= 15 is 0 Å². The van der Waals surface area contributed by atoms with E-state index < -0.39 is 11.0 Å². The quantitative estimate of drug-likeness (QED) is 0.632. The third kappa shape index (κ3) is 3.80. The third-order valence-corrected chi connectivity index (χ3v) is 4.15. The van der Waals surface area contributed by atoms with Crippen molar-refractivity contribution in [1.82, 2.24) is 0 Å². The Balaban J connectivity index is 2.23. The van der Waals surface area contributed by atoms with Crippen molar-refractivity contribution in [2.45, 2.75) is 32.8 Å². The van der Waals surface area contributed by atoms with Crippen molar-refractivity contribution in [3.8, 4) is 10.8 Å². The van der Waals surface area contributed by atoms with E-state index in [0.29, 0.717) is 10.6 Å². The zero-order valence-electron chi connectivity index (χ0n) is 11.9. The maximum absolute atomic E-state index is 11.0. The fourth-order valence-corrected chi connectivity index (χ4v) is 2.84. The minimum atomic E-state index is -0.752. The number of nitro groups is 1. The Morgan fingerprint density at radius 3 is 2.57 bits per heavy atom. The van der Waals surface area contributed by atoms with Crippen LogP contribution in [0.1, 0.15) is 36.8 Å². The maximum Gasteiger partial charge on any atom is 0.323 e. The molecule has 0 aliphatic rings. The van der Waals surface area contributed by atoms with Crippen LogP contribution in [0.4, 0.5) is 5.69 Å². The van der Waals surface area contributed by atoms with Crippen LogP contribution < -0.4 is 4.74 Å². The molecule has 0 spiro atoms. The van der Waals surface area contributed by atoms with Crippen molar-refractivity contribution in [3.63, 3.8) is 0 Å². The number of nitrogens with zero attached hydrogens (tertiary/aromatic N) is 1. The number of thiophene rings is 1. The summed E-state index contributed by atoms with van der Waals surface area (Å²) in [5.41, 5.74) is 1.09. The zero-order valence-corrected chi connectivity index (χ0v) is 12.7. The van der Waals surface area contributed by atoms with Gasteiger partial charge >= 0.3 is 5.69 Å². The fourth-order valence-electron chi connectivity index (χ4n) is 1.91. The first-order valence-electron chi connectivity index (χ1n) is 6.74. The summed E-state index contributed by atoms with van der Waals surface area (Å²) < 4.78 is 5.60. The molecule has 0 aliphatic carbocycles. The van der Waals surface area contributed by atoms with E-state index in [1.807, 2.05) is 12.1 Å². The first kappa shape index (κ1) is 15.5. The summed E-state index contributed by atoms with van der Waals surface area (Å²) in [5.74, 6) is 0.553. The summed E-state index contributed by atoms with van der Waals surface area (Å²) in [6, 6.07) is 8.87. The van der Waals surface area contributed by atoms with Crippen LogP contribution in [0.3, 0.4) is 0 Å². The van der Waals surface area contributed by atoms with E-state index in [1.165, 1.54) is 11.6 Å². The number of hydrogen-bond donors (Lipinski definition) is 1. The molecule has 0 amide bonds. The molecule has 0 radical (unpaired) electrons. The van der Waals surface area contributed by atoms with Crippen LogP contribution in [0, 0.1) is 10.1 Å². The maximum atomic E-state index is 11.0. The topological polar surface area (TPSA) is 72.6 Å². The van der Waals surface area contributed by atoms with Gasteiger partial charge in [-0.15, -0.1) is 0 Å². The van der Waals surface area contributed by atoms with Crippen LogP contribution in [-0.2, 0) is 6.42 Å². The highest BCUT2D eigenvalue weighted by atomic mass is 32.1. The van der Waals surface area contributed by atoms with Gasteiger partial charge in [-0.2, -0.15) is 0 Å². The number of ether oxygens (including phenoxy) is 1. The molecule has 112 valence electrons. The molecule has 1 N–H and O–H groups in total. The molecule has 1 aromatic carbocycles. The smallest absolute Gasteiger partial charge is 0.323 e. The molecule has 1 atom stereocenters. The molecular weight excluding hydrogens is 290 g/mol. The molecule has 2 aromatic rings. The van der Waals surface area contributed by atoms with Gasteiger partial charge < -0.3 is 9.84 Å². The molecule has 0 saturated heterocycles. The van der Waals surface area contributed by atoms with Crippen LogP contribution in [0.5, 0.6) is 10.8 Å². The first-order valence-corrected chi connectivity index (χ1v) is 7.56. The van der Waals surface area contributed by atoms with Crippen molar-refractivity contribution in [1.29, 1.82) is 0 Å². The lowest BCUT2D eigenvalue weighted by molar-refractivity contribution is -0.385. The number of aryl methyl sites for hydroxylation is 1.